The molecule has 37 heavy (non-hydrogen) atoms. The number of nitrogens with zero attached hydrogens (tertiary/aromatic N) is 2. The van der Waals surface area contributed by atoms with Crippen molar-refractivity contribution < 1.29 is 9.63 Å². The van der Waals surface area contributed by atoms with Gasteiger partial charge in [-0.05, 0) is 31.1 Å². The zero-order chi connectivity index (χ0) is 25.4. The van der Waals surface area contributed by atoms with Crippen molar-refractivity contribution in [1.29, 1.82) is 0 Å². The summed E-state index contributed by atoms with van der Waals surface area (Å²) in [6, 6.07) is 35.8. The van der Waals surface area contributed by atoms with Gasteiger partial charge in [-0.15, -0.1) is 0 Å². The number of aryl methyl sites for hydroxylation is 2. The lowest BCUT2D eigenvalue weighted by Gasteiger charge is -2.29. The Labute approximate surface area is 216 Å². The van der Waals surface area contributed by atoms with Crippen molar-refractivity contribution in [2.24, 2.45) is 15.6 Å². The second-order valence-electron chi connectivity index (χ2n) is 9.62. The van der Waals surface area contributed by atoms with Gasteiger partial charge in [-0.2, -0.15) is 0 Å². The van der Waals surface area contributed by atoms with E-state index in [4.69, 9.17) is 9.83 Å². The Bertz CT molecular complexity index is 1550. The van der Waals surface area contributed by atoms with Crippen LogP contribution in [0.2, 0.25) is 0 Å². The molecule has 0 aliphatic carbocycles. The first-order chi connectivity index (χ1) is 18.1. The minimum atomic E-state index is -1.23. The maximum atomic E-state index is 14.0. The van der Waals surface area contributed by atoms with E-state index in [0.29, 0.717) is 5.71 Å². The normalized spacial score (nSPS) is 21.7. The van der Waals surface area contributed by atoms with E-state index in [2.05, 4.69) is 73.6 Å². The molecule has 0 N–H and O–H groups in total. The van der Waals surface area contributed by atoms with Gasteiger partial charge in [-0.3, -0.25) is 4.99 Å². The number of benzene rings is 4. The van der Waals surface area contributed by atoms with Crippen molar-refractivity contribution in [3.63, 3.8) is 0 Å². The van der Waals surface area contributed by atoms with Crippen LogP contribution in [-0.4, -0.2) is 17.4 Å². The highest BCUT2D eigenvalue weighted by Gasteiger charge is 2.63. The fraction of sp³-hybridized carbons (Fsp3) is 0.121. The molecule has 4 heteroatoms. The highest BCUT2D eigenvalue weighted by Crippen LogP contribution is 2.55. The van der Waals surface area contributed by atoms with Crippen LogP contribution < -0.4 is 0 Å². The van der Waals surface area contributed by atoms with E-state index in [1.54, 1.807) is 0 Å². The standard InChI is InChI=1S/C33H26N2O2/c1-22-13-17-24(18-14-22)21-28-29(25-9-5-3-6-10-25)34-30(27-19-15-23(2)16-20-27)33(28)31(35-37-32(33)36)26-11-7-4-8-12-26/h3-21,30H,1-2H3/b28-21-. The maximum absolute atomic E-state index is 14.0. The Hall–Kier alpha value is -4.57. The first kappa shape index (κ1) is 22.9. The molecule has 1 spiro atoms. The summed E-state index contributed by atoms with van der Waals surface area (Å²) >= 11 is 0. The van der Waals surface area contributed by atoms with E-state index >= 15 is 0 Å². The van der Waals surface area contributed by atoms with Crippen molar-refractivity contribution in [2.75, 3.05) is 0 Å². The number of carbonyl (C=O) groups is 1. The van der Waals surface area contributed by atoms with Crippen LogP contribution in [0, 0.1) is 19.3 Å². The SMILES string of the molecule is Cc1ccc(/C=C2/C(c3ccccc3)=NC(c3ccc(C)cc3)C23C(=O)ON=C3c2ccccc2)cc1. The van der Waals surface area contributed by atoms with Gasteiger partial charge in [0.2, 0.25) is 0 Å². The van der Waals surface area contributed by atoms with Crippen LogP contribution in [0.15, 0.2) is 125 Å². The molecule has 4 aromatic rings. The number of oxime groups is 1. The van der Waals surface area contributed by atoms with Crippen LogP contribution in [0.1, 0.15) is 39.4 Å². The molecule has 2 unspecified atom stereocenters. The summed E-state index contributed by atoms with van der Waals surface area (Å²) in [5.41, 5.74) is 6.94. The highest BCUT2D eigenvalue weighted by atomic mass is 16.7. The van der Waals surface area contributed by atoms with Crippen LogP contribution in [0.3, 0.4) is 0 Å². The average molecular weight is 483 g/mol. The quantitative estimate of drug-likeness (QED) is 0.298. The maximum Gasteiger partial charge on any atom is 0.354 e. The predicted octanol–water partition coefficient (Wildman–Crippen LogP) is 6.88. The first-order valence-corrected chi connectivity index (χ1v) is 12.4. The lowest BCUT2D eigenvalue weighted by molar-refractivity contribution is -0.147. The lowest BCUT2D eigenvalue weighted by atomic mass is 9.67. The summed E-state index contributed by atoms with van der Waals surface area (Å²) in [7, 11) is 0. The zero-order valence-electron chi connectivity index (χ0n) is 20.8. The first-order valence-electron chi connectivity index (χ1n) is 12.4. The topological polar surface area (TPSA) is 51.0 Å². The van der Waals surface area contributed by atoms with Crippen LogP contribution in [0.5, 0.6) is 0 Å². The third-order valence-corrected chi connectivity index (χ3v) is 7.14. The summed E-state index contributed by atoms with van der Waals surface area (Å²) in [5.74, 6) is -0.412. The Balaban J connectivity index is 1.66. The summed E-state index contributed by atoms with van der Waals surface area (Å²) < 4.78 is 0. The fourth-order valence-corrected chi connectivity index (χ4v) is 5.22. The zero-order valence-corrected chi connectivity index (χ0v) is 20.8. The molecule has 2 aliphatic rings. The molecular formula is C33H26N2O2. The van der Waals surface area contributed by atoms with E-state index in [-0.39, 0.29) is 0 Å². The molecule has 0 saturated carbocycles. The molecule has 2 aliphatic heterocycles. The van der Waals surface area contributed by atoms with Crippen LogP contribution in [-0.2, 0) is 9.63 Å². The van der Waals surface area contributed by atoms with Gasteiger partial charge in [-0.1, -0.05) is 125 Å². The second kappa shape index (κ2) is 9.14. The van der Waals surface area contributed by atoms with Crippen LogP contribution in [0.25, 0.3) is 6.08 Å². The second-order valence-corrected chi connectivity index (χ2v) is 9.62. The smallest absolute Gasteiger partial charge is 0.316 e. The van der Waals surface area contributed by atoms with Crippen molar-refractivity contribution >= 4 is 23.5 Å². The number of hydrogen-bond donors (Lipinski definition) is 0. The van der Waals surface area contributed by atoms with Gasteiger partial charge in [0.05, 0.1) is 5.71 Å². The monoisotopic (exact) mass is 482 g/mol. The molecule has 2 heterocycles. The molecule has 180 valence electrons. The number of carbonyl (C=O) groups excluding carboxylic acids is 1. The Morgan fingerprint density at radius 1 is 0.730 bits per heavy atom. The van der Waals surface area contributed by atoms with Crippen molar-refractivity contribution in [1.82, 2.24) is 0 Å². The van der Waals surface area contributed by atoms with Crippen LogP contribution in [0.4, 0.5) is 0 Å². The van der Waals surface area contributed by atoms with E-state index in [9.17, 15) is 4.79 Å². The van der Waals surface area contributed by atoms with Gasteiger partial charge < -0.3 is 4.84 Å². The van der Waals surface area contributed by atoms with Crippen molar-refractivity contribution in [3.8, 4) is 0 Å². The largest absolute Gasteiger partial charge is 0.354 e. The molecule has 0 fully saturated rings. The van der Waals surface area contributed by atoms with E-state index in [0.717, 1.165) is 39.1 Å². The number of hydrogen-bond acceptors (Lipinski definition) is 4. The van der Waals surface area contributed by atoms with Gasteiger partial charge in [0, 0.05) is 16.7 Å². The van der Waals surface area contributed by atoms with E-state index < -0.39 is 17.4 Å². The van der Waals surface area contributed by atoms with Gasteiger partial charge in [-0.25, -0.2) is 4.79 Å². The Morgan fingerprint density at radius 3 is 1.92 bits per heavy atom. The summed E-state index contributed by atoms with van der Waals surface area (Å²) in [6.45, 7) is 4.11. The van der Waals surface area contributed by atoms with Gasteiger partial charge >= 0.3 is 5.97 Å². The van der Waals surface area contributed by atoms with Crippen molar-refractivity contribution in [3.05, 3.63) is 148 Å². The molecule has 4 aromatic carbocycles. The van der Waals surface area contributed by atoms with Gasteiger partial charge in [0.15, 0.2) is 5.41 Å². The molecule has 0 radical (unpaired) electrons. The minimum Gasteiger partial charge on any atom is -0.316 e. The molecule has 6 rings (SSSR count). The molecule has 0 saturated heterocycles. The third-order valence-electron chi connectivity index (χ3n) is 7.14. The minimum absolute atomic E-state index is 0.412. The van der Waals surface area contributed by atoms with Gasteiger partial charge in [0.1, 0.15) is 11.8 Å². The molecule has 0 aromatic heterocycles. The Kier molecular flexibility index (Phi) is 5.65. The molecular weight excluding hydrogens is 456 g/mol. The van der Waals surface area contributed by atoms with Crippen LogP contribution >= 0.6 is 0 Å². The van der Waals surface area contributed by atoms with E-state index in [1.165, 1.54) is 5.56 Å². The third kappa shape index (κ3) is 3.82. The average Bonchev–Trinajstić information content (AvgIpc) is 3.45. The lowest BCUT2D eigenvalue weighted by Crippen LogP contribution is -2.41. The fourth-order valence-electron chi connectivity index (χ4n) is 5.22. The molecule has 0 bridgehead atoms. The number of rotatable bonds is 4. The molecule has 0 amide bonds. The molecule has 2 atom stereocenters. The van der Waals surface area contributed by atoms with E-state index in [1.807, 2.05) is 60.7 Å². The molecule has 4 nitrogen and oxygen atoms in total. The summed E-state index contributed by atoms with van der Waals surface area (Å²) in [4.78, 5) is 24.8. The van der Waals surface area contributed by atoms with Gasteiger partial charge in [0.25, 0.3) is 0 Å². The highest BCUT2D eigenvalue weighted by molar-refractivity contribution is 6.32. The van der Waals surface area contributed by atoms with Crippen molar-refractivity contribution in [2.45, 2.75) is 19.9 Å². The Morgan fingerprint density at radius 2 is 1.30 bits per heavy atom. The summed E-state index contributed by atoms with van der Waals surface area (Å²) in [6.07, 6.45) is 2.07. The summed E-state index contributed by atoms with van der Waals surface area (Å²) in [5, 5.41) is 4.40. The number of aliphatic imine (C=N–C) groups is 1. The predicted molar refractivity (Wildman–Crippen MR) is 148 cm³/mol.